The van der Waals surface area contributed by atoms with Crippen LogP contribution in [0.1, 0.15) is 31.0 Å². The summed E-state index contributed by atoms with van der Waals surface area (Å²) >= 11 is 0. The number of halogens is 4. The first-order valence-corrected chi connectivity index (χ1v) is 10.5. The minimum atomic E-state index is -4.56. The lowest BCUT2D eigenvalue weighted by Gasteiger charge is -2.13. The van der Waals surface area contributed by atoms with E-state index < -0.39 is 23.6 Å². The molecule has 4 rings (SSSR count). The second kappa shape index (κ2) is 8.85. The van der Waals surface area contributed by atoms with Gasteiger partial charge in [0, 0.05) is 23.0 Å². The predicted molar refractivity (Wildman–Crippen MR) is 124 cm³/mol. The number of aromatic nitrogens is 4. The van der Waals surface area contributed by atoms with Gasteiger partial charge in [0.15, 0.2) is 5.65 Å². The number of aryl methyl sites for hydroxylation is 1. The van der Waals surface area contributed by atoms with Crippen LogP contribution < -0.4 is 16.4 Å². The minimum absolute atomic E-state index is 0.0274. The van der Waals surface area contributed by atoms with Gasteiger partial charge in [0.2, 0.25) is 0 Å². The Kier molecular flexibility index (Phi) is 6.05. The van der Waals surface area contributed by atoms with Gasteiger partial charge in [-0.15, -0.1) is 0 Å². The molecular formula is C23H21F4N7O. The molecule has 0 aliphatic rings. The fraction of sp³-hybridized carbons (Fsp3) is 0.217. The number of alkyl halides is 3. The van der Waals surface area contributed by atoms with Gasteiger partial charge in [-0.2, -0.15) is 18.3 Å². The topological polar surface area (TPSA) is 111 Å². The summed E-state index contributed by atoms with van der Waals surface area (Å²) in [6, 6.07) is 6.45. The van der Waals surface area contributed by atoms with Crippen molar-refractivity contribution in [3.8, 4) is 11.3 Å². The van der Waals surface area contributed by atoms with Crippen LogP contribution in [0.25, 0.3) is 22.3 Å². The van der Waals surface area contributed by atoms with Gasteiger partial charge in [0.1, 0.15) is 23.7 Å². The number of amides is 2. The van der Waals surface area contributed by atoms with E-state index in [0.29, 0.717) is 11.0 Å². The summed E-state index contributed by atoms with van der Waals surface area (Å²) in [5.74, 6) is -0.551. The van der Waals surface area contributed by atoms with Crippen molar-refractivity contribution in [1.82, 2.24) is 19.7 Å². The molecule has 0 atom stereocenters. The molecule has 0 saturated carbocycles. The molecule has 8 nitrogen and oxygen atoms in total. The number of rotatable bonds is 4. The third-order valence-electron chi connectivity index (χ3n) is 5.29. The van der Waals surface area contributed by atoms with Crippen LogP contribution in [-0.2, 0) is 6.18 Å². The molecule has 0 radical (unpaired) electrons. The Balaban J connectivity index is 1.59. The number of carbonyl (C=O) groups is 1. The van der Waals surface area contributed by atoms with Gasteiger partial charge in [-0.05, 0) is 56.7 Å². The maximum atomic E-state index is 15.1. The number of nitrogens with one attached hydrogen (secondary N) is 2. The number of anilines is 3. The van der Waals surface area contributed by atoms with E-state index in [1.54, 1.807) is 4.68 Å². The number of urea groups is 1. The maximum Gasteiger partial charge on any atom is 0.416 e. The first kappa shape index (κ1) is 23.9. The molecule has 0 bridgehead atoms. The highest BCUT2D eigenvalue weighted by molar-refractivity contribution is 6.01. The average Bonchev–Trinajstić information content (AvgIpc) is 3.15. The molecule has 182 valence electrons. The molecule has 2 aromatic heterocycles. The highest BCUT2D eigenvalue weighted by Gasteiger charge is 2.32. The van der Waals surface area contributed by atoms with E-state index >= 15 is 4.39 Å². The minimum Gasteiger partial charge on any atom is -0.383 e. The Bertz CT molecular complexity index is 1430. The van der Waals surface area contributed by atoms with Crippen molar-refractivity contribution in [2.45, 2.75) is 33.0 Å². The van der Waals surface area contributed by atoms with E-state index in [2.05, 4.69) is 25.7 Å². The lowest BCUT2D eigenvalue weighted by molar-refractivity contribution is -0.138. The molecule has 2 heterocycles. The van der Waals surface area contributed by atoms with Gasteiger partial charge in [0.05, 0.1) is 10.9 Å². The number of nitrogens with two attached hydrogens (primary N) is 1. The van der Waals surface area contributed by atoms with Gasteiger partial charge < -0.3 is 16.4 Å². The molecule has 12 heteroatoms. The van der Waals surface area contributed by atoms with Crippen LogP contribution >= 0.6 is 0 Å². The highest BCUT2D eigenvalue weighted by atomic mass is 19.4. The van der Waals surface area contributed by atoms with Gasteiger partial charge in [-0.1, -0.05) is 6.07 Å². The van der Waals surface area contributed by atoms with Crippen molar-refractivity contribution in [3.05, 3.63) is 59.7 Å². The van der Waals surface area contributed by atoms with Crippen molar-refractivity contribution < 1.29 is 22.4 Å². The normalized spacial score (nSPS) is 11.8. The number of hydrogen-bond donors (Lipinski definition) is 3. The number of fused-ring (bicyclic) bond motifs is 1. The van der Waals surface area contributed by atoms with Crippen LogP contribution in [0.4, 0.5) is 39.5 Å². The summed E-state index contributed by atoms with van der Waals surface area (Å²) in [5, 5.41) is 9.60. The van der Waals surface area contributed by atoms with Crippen LogP contribution in [0.3, 0.4) is 0 Å². The highest BCUT2D eigenvalue weighted by Crippen LogP contribution is 2.35. The molecule has 0 fully saturated rings. The summed E-state index contributed by atoms with van der Waals surface area (Å²) in [4.78, 5) is 20.5. The van der Waals surface area contributed by atoms with E-state index in [-0.39, 0.29) is 40.1 Å². The smallest absolute Gasteiger partial charge is 0.383 e. The Hall–Kier alpha value is -4.22. The molecule has 4 N–H and O–H groups in total. The van der Waals surface area contributed by atoms with Crippen molar-refractivity contribution in [2.75, 3.05) is 16.4 Å². The van der Waals surface area contributed by atoms with Crippen LogP contribution in [0.15, 0.2) is 42.7 Å². The second-order valence-corrected chi connectivity index (χ2v) is 8.15. The summed E-state index contributed by atoms with van der Waals surface area (Å²) < 4.78 is 56.0. The number of benzene rings is 2. The zero-order valence-electron chi connectivity index (χ0n) is 18.9. The monoisotopic (exact) mass is 487 g/mol. The SMILES string of the molecule is Cc1ccc(NC(=O)Nc2ccc(-c3nn(C(C)C)c4ncnc(N)c34)c(F)c2)cc1C(F)(F)F. The maximum absolute atomic E-state index is 15.1. The first-order chi connectivity index (χ1) is 16.5. The van der Waals surface area contributed by atoms with E-state index in [1.807, 2.05) is 13.8 Å². The van der Waals surface area contributed by atoms with E-state index in [0.717, 1.165) is 12.1 Å². The number of hydrogen-bond acceptors (Lipinski definition) is 5. The van der Waals surface area contributed by atoms with Crippen molar-refractivity contribution in [1.29, 1.82) is 0 Å². The summed E-state index contributed by atoms with van der Waals surface area (Å²) in [6.45, 7) is 5.11. The summed E-state index contributed by atoms with van der Waals surface area (Å²) in [6.07, 6.45) is -3.26. The Morgan fingerprint density at radius 2 is 1.71 bits per heavy atom. The van der Waals surface area contributed by atoms with Crippen LogP contribution in [-0.4, -0.2) is 25.8 Å². The number of carbonyl (C=O) groups excluding carboxylic acids is 1. The molecule has 0 unspecified atom stereocenters. The molecule has 35 heavy (non-hydrogen) atoms. The standard InChI is InChI=1S/C23H21F4N7O/c1-11(2)34-21-18(20(28)29-10-30-21)19(33-34)15-7-6-14(9-17(15)24)32-22(35)31-13-5-4-12(3)16(8-13)23(25,26)27/h4-11H,1-3H3,(H2,28,29,30)(H2,31,32,35). The molecule has 0 saturated heterocycles. The molecule has 0 aliphatic heterocycles. The van der Waals surface area contributed by atoms with E-state index in [4.69, 9.17) is 5.73 Å². The third-order valence-corrected chi connectivity index (χ3v) is 5.29. The summed E-state index contributed by atoms with van der Waals surface area (Å²) in [7, 11) is 0. The Morgan fingerprint density at radius 3 is 2.34 bits per heavy atom. The molecular weight excluding hydrogens is 466 g/mol. The van der Waals surface area contributed by atoms with Gasteiger partial charge in [-0.3, -0.25) is 0 Å². The molecule has 4 aromatic rings. The Morgan fingerprint density at radius 1 is 1.06 bits per heavy atom. The largest absolute Gasteiger partial charge is 0.416 e. The fourth-order valence-electron chi connectivity index (χ4n) is 3.63. The van der Waals surface area contributed by atoms with E-state index in [9.17, 15) is 18.0 Å². The van der Waals surface area contributed by atoms with Crippen LogP contribution in [0, 0.1) is 12.7 Å². The van der Waals surface area contributed by atoms with Gasteiger partial charge in [0.25, 0.3) is 0 Å². The molecule has 2 aromatic carbocycles. The molecule has 2 amide bonds. The van der Waals surface area contributed by atoms with Crippen LogP contribution in [0.5, 0.6) is 0 Å². The zero-order valence-corrected chi connectivity index (χ0v) is 18.9. The molecule has 0 aliphatic carbocycles. The molecule has 0 spiro atoms. The third kappa shape index (κ3) is 4.72. The fourth-order valence-corrected chi connectivity index (χ4v) is 3.63. The lowest BCUT2D eigenvalue weighted by atomic mass is 10.1. The van der Waals surface area contributed by atoms with Crippen LogP contribution in [0.2, 0.25) is 0 Å². The van der Waals surface area contributed by atoms with Gasteiger partial charge >= 0.3 is 12.2 Å². The van der Waals surface area contributed by atoms with E-state index in [1.165, 1.54) is 37.5 Å². The van der Waals surface area contributed by atoms with Crippen molar-refractivity contribution in [3.63, 3.8) is 0 Å². The lowest BCUT2D eigenvalue weighted by Crippen LogP contribution is -2.20. The summed E-state index contributed by atoms with van der Waals surface area (Å²) in [5.41, 5.74) is 6.04. The zero-order chi connectivity index (χ0) is 25.5. The van der Waals surface area contributed by atoms with Gasteiger partial charge in [-0.25, -0.2) is 23.8 Å². The Labute approximate surface area is 197 Å². The number of nitrogen functional groups attached to an aromatic ring is 1. The van der Waals surface area contributed by atoms with Crippen molar-refractivity contribution >= 4 is 34.3 Å². The second-order valence-electron chi connectivity index (χ2n) is 8.15. The van der Waals surface area contributed by atoms with Crippen molar-refractivity contribution in [2.24, 2.45) is 0 Å². The number of nitrogens with zero attached hydrogens (tertiary/aromatic N) is 4. The first-order valence-electron chi connectivity index (χ1n) is 10.5. The predicted octanol–water partition coefficient (Wildman–Crippen LogP) is 5.77. The average molecular weight is 487 g/mol. The quantitative estimate of drug-likeness (QED) is 0.317.